The summed E-state index contributed by atoms with van der Waals surface area (Å²) in [5.74, 6) is 0.603. The molecule has 0 aliphatic carbocycles. The quantitative estimate of drug-likeness (QED) is 0.303. The summed E-state index contributed by atoms with van der Waals surface area (Å²) in [5, 5.41) is 32.1. The van der Waals surface area contributed by atoms with Gasteiger partial charge in [-0.1, -0.05) is 74.4 Å². The number of carbonyl (C=O) groups is 1. The maximum Gasteiger partial charge on any atom is 0.303 e. The standard InChI is InChI=1S/C29H44O6Si/c1-7-29(33,8-2)20-35-27-15-13-25(18-22(27)6)36(9-3,10-4)24-12-14-26(21(5)17-24)34-19-23(30)11-16-28(31)32/h12-15,17-18,23,30,33H,7-11,16,19-20H2,1-6H3,(H,31,32)/t23-/m0/s1. The van der Waals surface area contributed by atoms with Crippen LogP contribution in [0, 0.1) is 13.8 Å². The molecule has 2 rings (SSSR count). The summed E-state index contributed by atoms with van der Waals surface area (Å²) < 4.78 is 11.8. The van der Waals surface area contributed by atoms with Gasteiger partial charge in [-0.25, -0.2) is 0 Å². The third-order valence-corrected chi connectivity index (χ3v) is 12.8. The predicted molar refractivity (Wildman–Crippen MR) is 148 cm³/mol. The number of hydrogen-bond acceptors (Lipinski definition) is 5. The van der Waals surface area contributed by atoms with Crippen LogP contribution in [0.15, 0.2) is 36.4 Å². The molecule has 2 aromatic carbocycles. The minimum absolute atomic E-state index is 0.0729. The van der Waals surface area contributed by atoms with Crippen LogP contribution in [0.25, 0.3) is 0 Å². The van der Waals surface area contributed by atoms with E-state index in [2.05, 4.69) is 45.0 Å². The Labute approximate surface area is 217 Å². The van der Waals surface area contributed by atoms with E-state index in [-0.39, 0.29) is 26.1 Å². The number of hydrogen-bond donors (Lipinski definition) is 3. The molecule has 200 valence electrons. The zero-order valence-corrected chi connectivity index (χ0v) is 23.8. The van der Waals surface area contributed by atoms with Crippen LogP contribution in [0.5, 0.6) is 11.5 Å². The monoisotopic (exact) mass is 516 g/mol. The first-order chi connectivity index (χ1) is 17.0. The Balaban J connectivity index is 2.25. The van der Waals surface area contributed by atoms with Crippen molar-refractivity contribution in [2.75, 3.05) is 13.2 Å². The van der Waals surface area contributed by atoms with E-state index >= 15 is 0 Å². The summed E-state index contributed by atoms with van der Waals surface area (Å²) in [6.45, 7) is 12.9. The third-order valence-electron chi connectivity index (χ3n) is 7.60. The van der Waals surface area contributed by atoms with E-state index in [0.29, 0.717) is 18.6 Å². The first-order valence-electron chi connectivity index (χ1n) is 13.1. The fourth-order valence-corrected chi connectivity index (χ4v) is 8.93. The molecule has 0 aliphatic rings. The second-order valence-corrected chi connectivity index (χ2v) is 14.6. The number of aliphatic hydroxyl groups excluding tert-OH is 1. The fourth-order valence-electron chi connectivity index (χ4n) is 4.68. The van der Waals surface area contributed by atoms with E-state index in [4.69, 9.17) is 14.6 Å². The molecule has 0 aromatic heterocycles. The summed E-state index contributed by atoms with van der Waals surface area (Å²) in [7, 11) is -2.02. The highest BCUT2D eigenvalue weighted by Gasteiger charge is 2.34. The van der Waals surface area contributed by atoms with Crippen molar-refractivity contribution in [2.45, 2.75) is 91.0 Å². The Kier molecular flexibility index (Phi) is 11.0. The Morgan fingerprint density at radius 1 is 0.917 bits per heavy atom. The minimum atomic E-state index is -2.02. The lowest BCUT2D eigenvalue weighted by atomic mass is 9.99. The van der Waals surface area contributed by atoms with E-state index in [1.807, 2.05) is 32.9 Å². The number of ether oxygens (including phenoxy) is 2. The third kappa shape index (κ3) is 7.34. The largest absolute Gasteiger partial charge is 0.491 e. The topological polar surface area (TPSA) is 96.2 Å². The van der Waals surface area contributed by atoms with Gasteiger partial charge in [-0.2, -0.15) is 0 Å². The lowest BCUT2D eigenvalue weighted by Crippen LogP contribution is -2.57. The van der Waals surface area contributed by atoms with Gasteiger partial charge >= 0.3 is 5.97 Å². The van der Waals surface area contributed by atoms with Crippen LogP contribution in [0.2, 0.25) is 12.1 Å². The lowest BCUT2D eigenvalue weighted by Gasteiger charge is -2.32. The molecule has 3 N–H and O–H groups in total. The second kappa shape index (κ2) is 13.3. The van der Waals surface area contributed by atoms with Crippen molar-refractivity contribution in [1.82, 2.24) is 0 Å². The molecule has 0 aliphatic heterocycles. The molecule has 0 spiro atoms. The number of aryl methyl sites for hydroxylation is 2. The summed E-state index contributed by atoms with van der Waals surface area (Å²) in [5.41, 5.74) is 1.28. The zero-order chi connectivity index (χ0) is 26.9. The predicted octanol–water partition coefficient (Wildman–Crippen LogP) is 4.44. The van der Waals surface area contributed by atoms with Crippen molar-refractivity contribution in [3.05, 3.63) is 47.5 Å². The van der Waals surface area contributed by atoms with E-state index in [9.17, 15) is 15.0 Å². The van der Waals surface area contributed by atoms with Gasteiger partial charge in [-0.05, 0) is 56.4 Å². The Hall–Kier alpha value is -2.35. The maximum absolute atomic E-state index is 10.7. The van der Waals surface area contributed by atoms with Crippen molar-refractivity contribution in [3.63, 3.8) is 0 Å². The number of benzene rings is 2. The van der Waals surface area contributed by atoms with Crippen molar-refractivity contribution < 1.29 is 29.6 Å². The van der Waals surface area contributed by atoms with Gasteiger partial charge in [-0.3, -0.25) is 4.79 Å². The van der Waals surface area contributed by atoms with Crippen LogP contribution < -0.4 is 19.8 Å². The van der Waals surface area contributed by atoms with E-state index in [0.717, 1.165) is 29.0 Å². The summed E-state index contributed by atoms with van der Waals surface area (Å²) in [6.07, 6.45) is 0.592. The van der Waals surface area contributed by atoms with Gasteiger partial charge in [-0.15, -0.1) is 0 Å². The summed E-state index contributed by atoms with van der Waals surface area (Å²) in [6, 6.07) is 14.9. The molecule has 0 amide bonds. The van der Waals surface area contributed by atoms with Crippen molar-refractivity contribution in [2.24, 2.45) is 0 Å². The molecule has 36 heavy (non-hydrogen) atoms. The number of carboxylic acids is 1. The minimum Gasteiger partial charge on any atom is -0.491 e. The number of carboxylic acid groups (broad SMARTS) is 1. The molecule has 2 aromatic rings. The smallest absolute Gasteiger partial charge is 0.303 e. The van der Waals surface area contributed by atoms with Crippen LogP contribution >= 0.6 is 0 Å². The molecule has 0 radical (unpaired) electrons. The first kappa shape index (κ1) is 29.9. The maximum atomic E-state index is 10.7. The SMILES string of the molecule is CCC(O)(CC)COc1ccc([Si](CC)(CC)c2ccc(OC[C@@H](O)CCC(=O)O)c(C)c2)cc1C. The van der Waals surface area contributed by atoms with E-state index < -0.39 is 25.7 Å². The molecule has 0 unspecified atom stereocenters. The molecule has 0 saturated carbocycles. The number of aliphatic carboxylic acids is 1. The van der Waals surface area contributed by atoms with Gasteiger partial charge < -0.3 is 24.8 Å². The van der Waals surface area contributed by atoms with Crippen molar-refractivity contribution in [3.8, 4) is 11.5 Å². The van der Waals surface area contributed by atoms with Crippen molar-refractivity contribution in [1.29, 1.82) is 0 Å². The van der Waals surface area contributed by atoms with Crippen LogP contribution in [-0.4, -0.2) is 54.3 Å². The first-order valence-corrected chi connectivity index (χ1v) is 15.6. The van der Waals surface area contributed by atoms with Crippen LogP contribution in [0.1, 0.15) is 64.5 Å². The average molecular weight is 517 g/mol. The molecule has 0 bridgehead atoms. The molecule has 7 heteroatoms. The molecular weight excluding hydrogens is 472 g/mol. The highest BCUT2D eigenvalue weighted by Crippen LogP contribution is 2.25. The van der Waals surface area contributed by atoms with E-state index in [1.165, 1.54) is 10.4 Å². The molecule has 0 saturated heterocycles. The Bertz CT molecular complexity index is 997. The molecule has 1 atom stereocenters. The van der Waals surface area contributed by atoms with Gasteiger partial charge in [0.15, 0.2) is 0 Å². The summed E-state index contributed by atoms with van der Waals surface area (Å²) >= 11 is 0. The Morgan fingerprint density at radius 3 is 1.83 bits per heavy atom. The highest BCUT2D eigenvalue weighted by atomic mass is 28.3. The molecule has 6 nitrogen and oxygen atoms in total. The number of aliphatic hydroxyl groups is 2. The lowest BCUT2D eigenvalue weighted by molar-refractivity contribution is -0.137. The van der Waals surface area contributed by atoms with Gasteiger partial charge in [0.25, 0.3) is 0 Å². The molecule has 0 heterocycles. The van der Waals surface area contributed by atoms with Crippen LogP contribution in [0.3, 0.4) is 0 Å². The summed E-state index contributed by atoms with van der Waals surface area (Å²) in [4.78, 5) is 10.7. The van der Waals surface area contributed by atoms with Gasteiger partial charge in [0.05, 0.1) is 11.7 Å². The normalized spacial score (nSPS) is 12.9. The Morgan fingerprint density at radius 2 is 1.42 bits per heavy atom. The van der Waals surface area contributed by atoms with Crippen LogP contribution in [0.4, 0.5) is 0 Å². The number of rotatable bonds is 15. The molecule has 0 fully saturated rings. The second-order valence-electron chi connectivity index (χ2n) is 9.87. The fraction of sp³-hybridized carbons (Fsp3) is 0.552. The van der Waals surface area contributed by atoms with Gasteiger partial charge in [0.2, 0.25) is 0 Å². The highest BCUT2D eigenvalue weighted by molar-refractivity contribution is 7.02. The zero-order valence-electron chi connectivity index (χ0n) is 22.8. The molecular formula is C29H44O6Si. The van der Waals surface area contributed by atoms with Gasteiger partial charge in [0.1, 0.15) is 32.8 Å². The average Bonchev–Trinajstić information content (AvgIpc) is 2.87. The van der Waals surface area contributed by atoms with Crippen LogP contribution in [-0.2, 0) is 4.79 Å². The van der Waals surface area contributed by atoms with Gasteiger partial charge in [0, 0.05) is 6.42 Å². The van der Waals surface area contributed by atoms with Crippen molar-refractivity contribution >= 4 is 24.4 Å². The van der Waals surface area contributed by atoms with E-state index in [1.54, 1.807) is 0 Å².